The summed E-state index contributed by atoms with van der Waals surface area (Å²) in [5.41, 5.74) is 2.56. The second kappa shape index (κ2) is 7.12. The van der Waals surface area contributed by atoms with Gasteiger partial charge in [0, 0.05) is 30.8 Å². The van der Waals surface area contributed by atoms with Crippen molar-refractivity contribution in [1.82, 2.24) is 9.97 Å². The Hall–Kier alpha value is -1.94. The Morgan fingerprint density at radius 3 is 2.48 bits per heavy atom. The molecule has 0 radical (unpaired) electrons. The third kappa shape index (κ3) is 3.84. The van der Waals surface area contributed by atoms with Crippen LogP contribution in [0, 0.1) is 12.8 Å². The molecule has 2 aromatic rings. The van der Waals surface area contributed by atoms with Gasteiger partial charge in [-0.05, 0) is 50.5 Å². The number of aliphatic hydroxyl groups excluding tert-OH is 1. The molecule has 0 amide bonds. The minimum atomic E-state index is -0.141. The molecule has 1 aromatic carbocycles. The van der Waals surface area contributed by atoms with Crippen molar-refractivity contribution >= 4 is 5.82 Å². The van der Waals surface area contributed by atoms with Crippen LogP contribution >= 0.6 is 0 Å². The number of hydrogen-bond acceptors (Lipinski definition) is 4. The Kier molecular flexibility index (Phi) is 4.71. The lowest BCUT2D eigenvalue weighted by Gasteiger charge is -2.34. The highest BCUT2D eigenvalue weighted by Crippen LogP contribution is 2.37. The van der Waals surface area contributed by atoms with E-state index in [1.54, 1.807) is 0 Å². The average Bonchev–Trinajstić information content (AvgIpc) is 2.60. The fourth-order valence-electron chi connectivity index (χ4n) is 4.09. The summed E-state index contributed by atoms with van der Waals surface area (Å²) in [5.74, 6) is 3.09. The maximum absolute atomic E-state index is 9.56. The maximum atomic E-state index is 9.56. The molecule has 132 valence electrons. The summed E-state index contributed by atoms with van der Waals surface area (Å²) in [6, 6.07) is 13.0. The first-order chi connectivity index (χ1) is 12.2. The van der Waals surface area contributed by atoms with Crippen LogP contribution in [0.4, 0.5) is 5.82 Å². The smallest absolute Gasteiger partial charge is 0.132 e. The molecule has 0 atom stereocenters. The highest BCUT2D eigenvalue weighted by atomic mass is 16.3. The average molecular weight is 337 g/mol. The Balaban J connectivity index is 1.39. The zero-order valence-corrected chi connectivity index (χ0v) is 14.9. The molecule has 0 bridgehead atoms. The van der Waals surface area contributed by atoms with Gasteiger partial charge in [0.2, 0.25) is 0 Å². The number of aliphatic hydroxyl groups is 1. The minimum absolute atomic E-state index is 0.141. The summed E-state index contributed by atoms with van der Waals surface area (Å²) in [6.07, 6.45) is 5.16. The van der Waals surface area contributed by atoms with Crippen LogP contribution in [0.25, 0.3) is 0 Å². The molecule has 2 aliphatic rings. The van der Waals surface area contributed by atoms with Gasteiger partial charge in [-0.2, -0.15) is 0 Å². The second-order valence-electron chi connectivity index (χ2n) is 7.64. The van der Waals surface area contributed by atoms with E-state index >= 15 is 0 Å². The lowest BCUT2D eigenvalue weighted by atomic mass is 9.80. The van der Waals surface area contributed by atoms with Crippen molar-refractivity contribution in [2.75, 3.05) is 18.0 Å². The predicted molar refractivity (Wildman–Crippen MR) is 99.8 cm³/mol. The Bertz CT molecular complexity index is 704. The minimum Gasteiger partial charge on any atom is -0.393 e. The Morgan fingerprint density at radius 1 is 1.08 bits per heavy atom. The van der Waals surface area contributed by atoms with Gasteiger partial charge in [0.1, 0.15) is 11.6 Å². The van der Waals surface area contributed by atoms with Gasteiger partial charge in [-0.1, -0.05) is 30.3 Å². The monoisotopic (exact) mass is 337 g/mol. The van der Waals surface area contributed by atoms with E-state index in [1.165, 1.54) is 24.8 Å². The molecule has 1 saturated heterocycles. The van der Waals surface area contributed by atoms with E-state index in [0.29, 0.717) is 5.92 Å². The first-order valence-corrected chi connectivity index (χ1v) is 9.50. The van der Waals surface area contributed by atoms with E-state index in [1.807, 2.05) is 6.92 Å². The Labute approximate surface area is 149 Å². The molecular formula is C21H27N3O. The molecule has 2 fully saturated rings. The van der Waals surface area contributed by atoms with Crippen LogP contribution in [0.15, 0.2) is 36.4 Å². The van der Waals surface area contributed by atoms with E-state index in [2.05, 4.69) is 51.3 Å². The lowest BCUT2D eigenvalue weighted by Crippen LogP contribution is -2.35. The number of anilines is 1. The molecule has 1 aliphatic heterocycles. The van der Waals surface area contributed by atoms with Crippen LogP contribution in [-0.4, -0.2) is 34.3 Å². The van der Waals surface area contributed by atoms with Crippen LogP contribution in [0.3, 0.4) is 0 Å². The second-order valence-corrected chi connectivity index (χ2v) is 7.64. The highest BCUT2D eigenvalue weighted by molar-refractivity contribution is 5.41. The van der Waals surface area contributed by atoms with Crippen molar-refractivity contribution in [3.8, 4) is 0 Å². The molecule has 1 saturated carbocycles. The summed E-state index contributed by atoms with van der Waals surface area (Å²) in [4.78, 5) is 11.7. The van der Waals surface area contributed by atoms with Gasteiger partial charge < -0.3 is 10.0 Å². The number of hydrogen-bond donors (Lipinski definition) is 1. The Morgan fingerprint density at radius 2 is 1.80 bits per heavy atom. The van der Waals surface area contributed by atoms with Gasteiger partial charge in [-0.25, -0.2) is 9.97 Å². The molecule has 1 aliphatic carbocycles. The van der Waals surface area contributed by atoms with Crippen LogP contribution in [0.2, 0.25) is 0 Å². The largest absolute Gasteiger partial charge is 0.393 e. The van der Waals surface area contributed by atoms with E-state index in [0.717, 1.165) is 49.2 Å². The number of aromatic nitrogens is 2. The van der Waals surface area contributed by atoms with Crippen LogP contribution in [0.1, 0.15) is 48.7 Å². The van der Waals surface area contributed by atoms with Crippen molar-refractivity contribution in [2.24, 2.45) is 5.92 Å². The quantitative estimate of drug-likeness (QED) is 0.928. The topological polar surface area (TPSA) is 49.3 Å². The summed E-state index contributed by atoms with van der Waals surface area (Å²) in [6.45, 7) is 4.12. The van der Waals surface area contributed by atoms with E-state index in [9.17, 15) is 5.11 Å². The van der Waals surface area contributed by atoms with Gasteiger partial charge in [0.25, 0.3) is 0 Å². The van der Waals surface area contributed by atoms with Crippen molar-refractivity contribution in [1.29, 1.82) is 0 Å². The van der Waals surface area contributed by atoms with Crippen LogP contribution < -0.4 is 4.90 Å². The number of nitrogens with zero attached hydrogens (tertiary/aromatic N) is 3. The molecule has 1 aromatic heterocycles. The van der Waals surface area contributed by atoms with Crippen LogP contribution in [0.5, 0.6) is 0 Å². The summed E-state index contributed by atoms with van der Waals surface area (Å²) < 4.78 is 0. The fraction of sp³-hybridized carbons (Fsp3) is 0.524. The van der Waals surface area contributed by atoms with Gasteiger partial charge in [-0.3, -0.25) is 0 Å². The molecule has 2 heterocycles. The molecule has 0 spiro atoms. The van der Waals surface area contributed by atoms with E-state index in [4.69, 9.17) is 0 Å². The third-order valence-corrected chi connectivity index (χ3v) is 5.68. The fourth-order valence-corrected chi connectivity index (χ4v) is 4.09. The molecule has 4 nitrogen and oxygen atoms in total. The van der Waals surface area contributed by atoms with E-state index < -0.39 is 0 Å². The first kappa shape index (κ1) is 16.5. The maximum Gasteiger partial charge on any atom is 0.132 e. The highest BCUT2D eigenvalue weighted by Gasteiger charge is 2.30. The van der Waals surface area contributed by atoms with Crippen molar-refractivity contribution < 1.29 is 5.11 Å². The van der Waals surface area contributed by atoms with Gasteiger partial charge in [0.05, 0.1) is 6.10 Å². The lowest BCUT2D eigenvalue weighted by molar-refractivity contribution is 0.0731. The summed E-state index contributed by atoms with van der Waals surface area (Å²) in [5, 5.41) is 9.56. The van der Waals surface area contributed by atoms with Gasteiger partial charge in [-0.15, -0.1) is 0 Å². The van der Waals surface area contributed by atoms with Crippen LogP contribution in [-0.2, 0) is 6.42 Å². The van der Waals surface area contributed by atoms with Crippen molar-refractivity contribution in [3.63, 3.8) is 0 Å². The normalized spacial score (nSPS) is 24.2. The predicted octanol–water partition coefficient (Wildman–Crippen LogP) is 3.48. The molecule has 4 heteroatoms. The van der Waals surface area contributed by atoms with Gasteiger partial charge >= 0.3 is 0 Å². The number of piperidine rings is 1. The molecule has 0 unspecified atom stereocenters. The zero-order valence-electron chi connectivity index (χ0n) is 14.9. The molecular weight excluding hydrogens is 310 g/mol. The van der Waals surface area contributed by atoms with E-state index in [-0.39, 0.29) is 6.10 Å². The molecule has 4 rings (SSSR count). The number of rotatable bonds is 4. The summed E-state index contributed by atoms with van der Waals surface area (Å²) in [7, 11) is 0. The summed E-state index contributed by atoms with van der Waals surface area (Å²) >= 11 is 0. The molecule has 25 heavy (non-hydrogen) atoms. The standard InChI is InChI=1S/C21H27N3O/c1-15-22-20(18-12-19(25)13-18)14-21(23-15)24-9-7-17(8-10-24)11-16-5-3-2-4-6-16/h2-6,14,17-19,25H,7-13H2,1H3. The zero-order chi connectivity index (χ0) is 17.2. The SMILES string of the molecule is Cc1nc(C2CC(O)C2)cc(N2CCC(Cc3ccccc3)CC2)n1. The van der Waals surface area contributed by atoms with Crippen molar-refractivity contribution in [3.05, 3.63) is 53.5 Å². The third-order valence-electron chi connectivity index (χ3n) is 5.68. The molecule has 1 N–H and O–H groups in total. The first-order valence-electron chi connectivity index (χ1n) is 9.50. The number of benzene rings is 1. The number of aryl methyl sites for hydroxylation is 1. The van der Waals surface area contributed by atoms with Crippen molar-refractivity contribution in [2.45, 2.75) is 51.0 Å². The van der Waals surface area contributed by atoms with Gasteiger partial charge in [0.15, 0.2) is 0 Å².